The molecule has 3 aromatic rings. The molecule has 3 aromatic carbocycles. The van der Waals surface area contributed by atoms with Crippen molar-refractivity contribution in [1.82, 2.24) is 5.43 Å². The van der Waals surface area contributed by atoms with E-state index in [4.69, 9.17) is 28.6 Å². The van der Waals surface area contributed by atoms with Crippen molar-refractivity contribution in [2.45, 2.75) is 6.61 Å². The lowest BCUT2D eigenvalue weighted by molar-refractivity contribution is 0.306. The van der Waals surface area contributed by atoms with Crippen LogP contribution in [0.5, 0.6) is 5.75 Å². The van der Waals surface area contributed by atoms with Gasteiger partial charge in [0, 0.05) is 10.7 Å². The van der Waals surface area contributed by atoms with E-state index in [2.05, 4.69) is 15.8 Å². The molecule has 0 saturated carbocycles. The molecule has 0 fully saturated rings. The maximum Gasteiger partial charge on any atom is 0.191 e. The van der Waals surface area contributed by atoms with Crippen LogP contribution in [0.1, 0.15) is 11.1 Å². The Hall–Kier alpha value is -2.89. The molecule has 0 heterocycles. The number of benzene rings is 3. The molecule has 0 bridgehead atoms. The third-order valence-electron chi connectivity index (χ3n) is 3.59. The zero-order chi connectivity index (χ0) is 18.9. The predicted molar refractivity (Wildman–Crippen MR) is 116 cm³/mol. The lowest BCUT2D eigenvalue weighted by Crippen LogP contribution is -2.23. The third kappa shape index (κ3) is 6.40. The maximum atomic E-state index is 5.94. The van der Waals surface area contributed by atoms with Crippen LogP contribution in [-0.2, 0) is 6.61 Å². The molecule has 0 amide bonds. The highest BCUT2D eigenvalue weighted by Gasteiger charge is 1.98. The van der Waals surface area contributed by atoms with Gasteiger partial charge in [-0.2, -0.15) is 5.10 Å². The molecule has 27 heavy (non-hydrogen) atoms. The van der Waals surface area contributed by atoms with E-state index in [1.54, 1.807) is 18.3 Å². The number of nitrogens with zero attached hydrogens (tertiary/aromatic N) is 1. The standard InChI is InChI=1S/C21H18ClN3OS/c22-18-7-4-8-19(13-18)24-21(27)25-23-14-16-9-11-20(12-10-16)26-15-17-5-2-1-3-6-17/h1-14H,15H2,(H2,24,25,27)/b23-14-. The summed E-state index contributed by atoms with van der Waals surface area (Å²) in [4.78, 5) is 0. The Bertz CT molecular complexity index is 914. The Balaban J connectivity index is 1.46. The zero-order valence-electron chi connectivity index (χ0n) is 14.4. The summed E-state index contributed by atoms with van der Waals surface area (Å²) in [6.07, 6.45) is 1.69. The SMILES string of the molecule is S=C(N/N=C\c1ccc(OCc2ccccc2)cc1)Nc1cccc(Cl)c1. The largest absolute Gasteiger partial charge is 0.489 e. The molecule has 0 aromatic heterocycles. The molecule has 136 valence electrons. The molecule has 0 atom stereocenters. The van der Waals surface area contributed by atoms with Crippen LogP contribution in [0, 0.1) is 0 Å². The van der Waals surface area contributed by atoms with Crippen molar-refractivity contribution in [3.8, 4) is 5.75 Å². The minimum absolute atomic E-state index is 0.385. The quantitative estimate of drug-likeness (QED) is 0.340. The fraction of sp³-hybridized carbons (Fsp3) is 0.0476. The molecule has 0 saturated heterocycles. The van der Waals surface area contributed by atoms with E-state index in [0.29, 0.717) is 16.7 Å². The molecular formula is C21H18ClN3OS. The first-order valence-electron chi connectivity index (χ1n) is 8.31. The van der Waals surface area contributed by atoms with Gasteiger partial charge in [0.25, 0.3) is 0 Å². The average molecular weight is 396 g/mol. The van der Waals surface area contributed by atoms with Crippen LogP contribution in [0.3, 0.4) is 0 Å². The van der Waals surface area contributed by atoms with Gasteiger partial charge in [0.2, 0.25) is 0 Å². The molecule has 3 rings (SSSR count). The number of anilines is 1. The second kappa shape index (κ2) is 9.71. The van der Waals surface area contributed by atoms with Crippen LogP contribution in [0.4, 0.5) is 5.69 Å². The molecule has 2 N–H and O–H groups in total. The van der Waals surface area contributed by atoms with E-state index in [1.165, 1.54) is 0 Å². The van der Waals surface area contributed by atoms with Gasteiger partial charge in [-0.15, -0.1) is 0 Å². The van der Waals surface area contributed by atoms with Gasteiger partial charge in [-0.1, -0.05) is 48.0 Å². The van der Waals surface area contributed by atoms with E-state index in [9.17, 15) is 0 Å². The highest BCUT2D eigenvalue weighted by atomic mass is 35.5. The summed E-state index contributed by atoms with van der Waals surface area (Å²) < 4.78 is 5.76. The Morgan fingerprint density at radius 3 is 2.52 bits per heavy atom. The second-order valence-electron chi connectivity index (χ2n) is 5.68. The number of halogens is 1. The summed E-state index contributed by atoms with van der Waals surface area (Å²) in [5.74, 6) is 0.808. The van der Waals surface area contributed by atoms with Gasteiger partial charge >= 0.3 is 0 Å². The van der Waals surface area contributed by atoms with Crippen LogP contribution in [0.15, 0.2) is 84.0 Å². The number of rotatable bonds is 6. The Kier molecular flexibility index (Phi) is 6.79. The summed E-state index contributed by atoms with van der Waals surface area (Å²) >= 11 is 11.1. The van der Waals surface area contributed by atoms with Gasteiger partial charge in [-0.3, -0.25) is 5.43 Å². The molecule has 0 radical (unpaired) electrons. The summed E-state index contributed by atoms with van der Waals surface area (Å²) in [5, 5.41) is 8.17. The highest BCUT2D eigenvalue weighted by Crippen LogP contribution is 2.15. The number of hydrogen-bond acceptors (Lipinski definition) is 3. The van der Waals surface area contributed by atoms with E-state index >= 15 is 0 Å². The van der Waals surface area contributed by atoms with Gasteiger partial charge in [0.15, 0.2) is 5.11 Å². The van der Waals surface area contributed by atoms with Crippen LogP contribution < -0.4 is 15.5 Å². The summed E-state index contributed by atoms with van der Waals surface area (Å²) in [6.45, 7) is 0.541. The van der Waals surface area contributed by atoms with Crippen LogP contribution >= 0.6 is 23.8 Å². The normalized spacial score (nSPS) is 10.6. The molecule has 0 unspecified atom stereocenters. The van der Waals surface area contributed by atoms with E-state index < -0.39 is 0 Å². The number of hydrogen-bond donors (Lipinski definition) is 2. The lowest BCUT2D eigenvalue weighted by Gasteiger charge is -2.07. The van der Waals surface area contributed by atoms with E-state index in [0.717, 1.165) is 22.6 Å². The van der Waals surface area contributed by atoms with Gasteiger partial charge in [0.05, 0.1) is 6.21 Å². The monoisotopic (exact) mass is 395 g/mol. The molecule has 6 heteroatoms. The molecular weight excluding hydrogens is 378 g/mol. The van der Waals surface area contributed by atoms with Gasteiger partial charge in [-0.25, -0.2) is 0 Å². The van der Waals surface area contributed by atoms with Crippen LogP contribution in [-0.4, -0.2) is 11.3 Å². The highest BCUT2D eigenvalue weighted by molar-refractivity contribution is 7.80. The first kappa shape index (κ1) is 18.9. The third-order valence-corrected chi connectivity index (χ3v) is 4.02. The second-order valence-corrected chi connectivity index (χ2v) is 6.52. The predicted octanol–water partition coefficient (Wildman–Crippen LogP) is 5.24. The molecule has 0 spiro atoms. The van der Waals surface area contributed by atoms with Gasteiger partial charge in [-0.05, 0) is 65.8 Å². The fourth-order valence-electron chi connectivity index (χ4n) is 2.28. The van der Waals surface area contributed by atoms with Crippen molar-refractivity contribution in [2.24, 2.45) is 5.10 Å². The minimum atomic E-state index is 0.385. The Morgan fingerprint density at radius 1 is 1.00 bits per heavy atom. The van der Waals surface area contributed by atoms with E-state index in [1.807, 2.05) is 66.7 Å². The van der Waals surface area contributed by atoms with Gasteiger partial charge in [0.1, 0.15) is 12.4 Å². The van der Waals surface area contributed by atoms with E-state index in [-0.39, 0.29) is 0 Å². The van der Waals surface area contributed by atoms with Crippen molar-refractivity contribution in [2.75, 3.05) is 5.32 Å². The number of hydrazone groups is 1. The number of nitrogens with one attached hydrogen (secondary N) is 2. The zero-order valence-corrected chi connectivity index (χ0v) is 16.0. The summed E-state index contributed by atoms with van der Waals surface area (Å²) in [7, 11) is 0. The maximum absolute atomic E-state index is 5.94. The van der Waals surface area contributed by atoms with Crippen LogP contribution in [0.25, 0.3) is 0 Å². The summed E-state index contributed by atoms with van der Waals surface area (Å²) in [6, 6.07) is 25.0. The van der Waals surface area contributed by atoms with Crippen molar-refractivity contribution >= 4 is 40.8 Å². The first-order chi connectivity index (χ1) is 13.2. The topological polar surface area (TPSA) is 45.7 Å². The van der Waals surface area contributed by atoms with Crippen molar-refractivity contribution < 1.29 is 4.74 Å². The number of thiocarbonyl (C=S) groups is 1. The molecule has 4 nitrogen and oxygen atoms in total. The smallest absolute Gasteiger partial charge is 0.191 e. The average Bonchev–Trinajstić information content (AvgIpc) is 2.68. The number of ether oxygens (including phenoxy) is 1. The Morgan fingerprint density at radius 2 is 1.78 bits per heavy atom. The molecule has 0 aliphatic rings. The van der Waals surface area contributed by atoms with Crippen molar-refractivity contribution in [1.29, 1.82) is 0 Å². The fourth-order valence-corrected chi connectivity index (χ4v) is 2.64. The minimum Gasteiger partial charge on any atom is -0.489 e. The summed E-state index contributed by atoms with van der Waals surface area (Å²) in [5.41, 5.74) is 5.64. The molecule has 0 aliphatic carbocycles. The van der Waals surface area contributed by atoms with Crippen molar-refractivity contribution in [3.05, 3.63) is 95.0 Å². The molecule has 0 aliphatic heterocycles. The van der Waals surface area contributed by atoms with Gasteiger partial charge < -0.3 is 10.1 Å². The van der Waals surface area contributed by atoms with Crippen molar-refractivity contribution in [3.63, 3.8) is 0 Å². The first-order valence-corrected chi connectivity index (χ1v) is 9.10. The Labute approximate surface area is 168 Å². The van der Waals surface area contributed by atoms with Crippen LogP contribution in [0.2, 0.25) is 5.02 Å². The lowest BCUT2D eigenvalue weighted by atomic mass is 10.2.